The number of rotatable bonds is 5. The third-order valence-corrected chi connectivity index (χ3v) is 4.26. The molecule has 0 radical (unpaired) electrons. The van der Waals surface area contributed by atoms with Gasteiger partial charge in [0.05, 0.1) is 4.92 Å². The molecule has 0 aliphatic heterocycles. The zero-order chi connectivity index (χ0) is 16.7. The molecular formula is C17H25N3O3. The van der Waals surface area contributed by atoms with E-state index in [1.807, 2.05) is 6.92 Å². The molecule has 23 heavy (non-hydrogen) atoms. The lowest BCUT2D eigenvalue weighted by Gasteiger charge is -2.22. The highest BCUT2D eigenvalue weighted by atomic mass is 16.6. The fourth-order valence-corrected chi connectivity index (χ4v) is 3.03. The van der Waals surface area contributed by atoms with Crippen LogP contribution in [0.5, 0.6) is 0 Å². The van der Waals surface area contributed by atoms with Crippen molar-refractivity contribution in [2.45, 2.75) is 57.9 Å². The van der Waals surface area contributed by atoms with E-state index in [0.717, 1.165) is 25.7 Å². The van der Waals surface area contributed by atoms with Crippen molar-refractivity contribution in [3.05, 3.63) is 33.9 Å². The Balaban J connectivity index is 2.16. The van der Waals surface area contributed by atoms with Crippen LogP contribution in [0.4, 0.5) is 11.4 Å². The Labute approximate surface area is 136 Å². The molecule has 0 heterocycles. The van der Waals surface area contributed by atoms with Gasteiger partial charge < -0.3 is 10.6 Å². The highest BCUT2D eigenvalue weighted by molar-refractivity contribution is 5.95. The minimum Gasteiger partial charge on any atom is -0.377 e. The molecular weight excluding hydrogens is 294 g/mol. The number of nitrogens with zero attached hydrogens (tertiary/aromatic N) is 1. The third kappa shape index (κ3) is 4.94. The number of amides is 1. The monoisotopic (exact) mass is 319 g/mol. The molecule has 126 valence electrons. The minimum atomic E-state index is -0.423. The van der Waals surface area contributed by atoms with Gasteiger partial charge in [-0.25, -0.2) is 0 Å². The van der Waals surface area contributed by atoms with Crippen molar-refractivity contribution >= 4 is 17.3 Å². The fourth-order valence-electron chi connectivity index (χ4n) is 3.03. The second-order valence-corrected chi connectivity index (χ2v) is 6.03. The Morgan fingerprint density at radius 3 is 2.48 bits per heavy atom. The van der Waals surface area contributed by atoms with Gasteiger partial charge in [0.15, 0.2) is 0 Å². The Morgan fingerprint density at radius 1 is 1.22 bits per heavy atom. The number of benzene rings is 1. The van der Waals surface area contributed by atoms with Crippen LogP contribution in [-0.2, 0) is 0 Å². The lowest BCUT2D eigenvalue weighted by atomic mass is 9.96. The predicted octanol–water partition coefficient (Wildman–Crippen LogP) is 3.87. The molecule has 6 nitrogen and oxygen atoms in total. The average molecular weight is 319 g/mol. The first-order chi connectivity index (χ1) is 11.1. The Morgan fingerprint density at radius 2 is 1.87 bits per heavy atom. The number of hydrogen-bond donors (Lipinski definition) is 2. The van der Waals surface area contributed by atoms with Gasteiger partial charge >= 0.3 is 0 Å². The maximum Gasteiger partial charge on any atom is 0.293 e. The van der Waals surface area contributed by atoms with E-state index in [1.165, 1.54) is 25.3 Å². The number of hydrogen-bond acceptors (Lipinski definition) is 4. The SMILES string of the molecule is CCNC(=O)c1ccc(NC2CCCCCCC2)c([N+](=O)[O-])c1. The van der Waals surface area contributed by atoms with Gasteiger partial charge in [-0.1, -0.05) is 32.1 Å². The molecule has 1 aliphatic carbocycles. The summed E-state index contributed by atoms with van der Waals surface area (Å²) in [7, 11) is 0. The second-order valence-electron chi connectivity index (χ2n) is 6.03. The van der Waals surface area contributed by atoms with E-state index >= 15 is 0 Å². The lowest BCUT2D eigenvalue weighted by molar-refractivity contribution is -0.384. The largest absolute Gasteiger partial charge is 0.377 e. The predicted molar refractivity (Wildman–Crippen MR) is 90.8 cm³/mol. The molecule has 1 amide bonds. The van der Waals surface area contributed by atoms with Gasteiger partial charge in [0.2, 0.25) is 0 Å². The van der Waals surface area contributed by atoms with Crippen molar-refractivity contribution in [2.24, 2.45) is 0 Å². The number of anilines is 1. The van der Waals surface area contributed by atoms with Crippen LogP contribution in [0, 0.1) is 10.1 Å². The first kappa shape index (κ1) is 17.2. The summed E-state index contributed by atoms with van der Waals surface area (Å²) in [6.07, 6.45) is 8.14. The van der Waals surface area contributed by atoms with Crippen molar-refractivity contribution in [2.75, 3.05) is 11.9 Å². The van der Waals surface area contributed by atoms with Crippen molar-refractivity contribution in [1.29, 1.82) is 0 Å². The number of carbonyl (C=O) groups is 1. The van der Waals surface area contributed by atoms with E-state index in [-0.39, 0.29) is 17.6 Å². The Bertz CT molecular complexity index is 552. The maximum absolute atomic E-state index is 11.9. The number of nitrogens with one attached hydrogen (secondary N) is 2. The summed E-state index contributed by atoms with van der Waals surface area (Å²) in [5.41, 5.74) is 0.797. The minimum absolute atomic E-state index is 0.0317. The normalized spacial score (nSPS) is 16.2. The molecule has 0 bridgehead atoms. The van der Waals surface area contributed by atoms with Crippen LogP contribution in [0.15, 0.2) is 18.2 Å². The number of carbonyl (C=O) groups excluding carboxylic acids is 1. The molecule has 1 saturated carbocycles. The molecule has 0 saturated heterocycles. The van der Waals surface area contributed by atoms with E-state index in [0.29, 0.717) is 17.8 Å². The second kappa shape index (κ2) is 8.50. The molecule has 1 aromatic carbocycles. The number of nitro benzene ring substituents is 1. The molecule has 0 atom stereocenters. The quantitative estimate of drug-likeness (QED) is 0.637. The van der Waals surface area contributed by atoms with Crippen LogP contribution < -0.4 is 10.6 Å². The van der Waals surface area contributed by atoms with E-state index in [1.54, 1.807) is 12.1 Å². The Kier molecular flexibility index (Phi) is 6.38. The van der Waals surface area contributed by atoms with Crippen molar-refractivity contribution in [1.82, 2.24) is 5.32 Å². The molecule has 0 aromatic heterocycles. The van der Waals surface area contributed by atoms with Gasteiger partial charge in [-0.3, -0.25) is 14.9 Å². The smallest absolute Gasteiger partial charge is 0.293 e. The molecule has 1 fully saturated rings. The summed E-state index contributed by atoms with van der Waals surface area (Å²) in [5.74, 6) is -0.284. The van der Waals surface area contributed by atoms with E-state index in [9.17, 15) is 14.9 Å². The summed E-state index contributed by atoms with van der Waals surface area (Å²) in [6, 6.07) is 4.92. The molecule has 1 aromatic rings. The van der Waals surface area contributed by atoms with Crippen LogP contribution in [-0.4, -0.2) is 23.4 Å². The number of nitro groups is 1. The van der Waals surface area contributed by atoms with Crippen molar-refractivity contribution < 1.29 is 9.72 Å². The highest BCUT2D eigenvalue weighted by Gasteiger charge is 2.20. The van der Waals surface area contributed by atoms with Gasteiger partial charge in [-0.05, 0) is 31.9 Å². The topological polar surface area (TPSA) is 84.3 Å². The van der Waals surface area contributed by atoms with Crippen LogP contribution in [0.1, 0.15) is 62.2 Å². The van der Waals surface area contributed by atoms with Crippen LogP contribution in [0.2, 0.25) is 0 Å². The van der Waals surface area contributed by atoms with E-state index in [4.69, 9.17) is 0 Å². The van der Waals surface area contributed by atoms with Crippen LogP contribution in [0.3, 0.4) is 0 Å². The molecule has 0 spiro atoms. The van der Waals surface area contributed by atoms with Crippen LogP contribution >= 0.6 is 0 Å². The van der Waals surface area contributed by atoms with E-state index in [2.05, 4.69) is 10.6 Å². The van der Waals surface area contributed by atoms with Gasteiger partial charge in [0, 0.05) is 24.2 Å². The molecule has 6 heteroatoms. The summed E-state index contributed by atoms with van der Waals surface area (Å²) in [5, 5.41) is 17.3. The first-order valence-corrected chi connectivity index (χ1v) is 8.45. The summed E-state index contributed by atoms with van der Waals surface area (Å²) >= 11 is 0. The van der Waals surface area contributed by atoms with Gasteiger partial charge in [0.25, 0.3) is 11.6 Å². The first-order valence-electron chi connectivity index (χ1n) is 8.45. The van der Waals surface area contributed by atoms with Gasteiger partial charge in [0.1, 0.15) is 5.69 Å². The maximum atomic E-state index is 11.9. The average Bonchev–Trinajstić information content (AvgIpc) is 2.50. The zero-order valence-electron chi connectivity index (χ0n) is 13.6. The van der Waals surface area contributed by atoms with Crippen LogP contribution in [0.25, 0.3) is 0 Å². The Hall–Kier alpha value is -2.11. The molecule has 2 rings (SSSR count). The summed E-state index contributed by atoms with van der Waals surface area (Å²) in [6.45, 7) is 2.31. The summed E-state index contributed by atoms with van der Waals surface area (Å²) < 4.78 is 0. The van der Waals surface area contributed by atoms with E-state index < -0.39 is 4.92 Å². The molecule has 2 N–H and O–H groups in total. The fraction of sp³-hybridized carbons (Fsp3) is 0.588. The highest BCUT2D eigenvalue weighted by Crippen LogP contribution is 2.29. The van der Waals surface area contributed by atoms with Crippen molar-refractivity contribution in [3.8, 4) is 0 Å². The zero-order valence-corrected chi connectivity index (χ0v) is 13.6. The molecule has 1 aliphatic rings. The van der Waals surface area contributed by atoms with Gasteiger partial charge in [-0.15, -0.1) is 0 Å². The molecule has 0 unspecified atom stereocenters. The van der Waals surface area contributed by atoms with Crippen molar-refractivity contribution in [3.63, 3.8) is 0 Å². The lowest BCUT2D eigenvalue weighted by Crippen LogP contribution is -2.23. The van der Waals surface area contributed by atoms with Gasteiger partial charge in [-0.2, -0.15) is 0 Å². The third-order valence-electron chi connectivity index (χ3n) is 4.26. The standard InChI is InChI=1S/C17H25N3O3/c1-2-18-17(21)13-10-11-15(16(12-13)20(22)23)19-14-8-6-4-3-5-7-9-14/h10-12,14,19H,2-9H2,1H3,(H,18,21). The summed E-state index contributed by atoms with van der Waals surface area (Å²) in [4.78, 5) is 22.8.